The van der Waals surface area contributed by atoms with E-state index in [9.17, 15) is 19.2 Å². The zero-order chi connectivity index (χ0) is 20.3. The number of urea groups is 1. The summed E-state index contributed by atoms with van der Waals surface area (Å²) in [6.45, 7) is 0. The lowest BCUT2D eigenvalue weighted by Gasteiger charge is -2.28. The summed E-state index contributed by atoms with van der Waals surface area (Å²) in [6, 6.07) is 11.5. The summed E-state index contributed by atoms with van der Waals surface area (Å²) in [4.78, 5) is 53.8. The minimum Gasteiger partial charge on any atom is -0.465 e. The van der Waals surface area contributed by atoms with Crippen LogP contribution in [0, 0.1) is 5.92 Å². The minimum absolute atomic E-state index is 0.176. The van der Waals surface area contributed by atoms with E-state index in [1.54, 1.807) is 12.1 Å². The van der Waals surface area contributed by atoms with Crippen molar-refractivity contribution in [1.29, 1.82) is 0 Å². The zero-order valence-electron chi connectivity index (χ0n) is 14.6. The lowest BCUT2D eigenvalue weighted by atomic mass is 10.1. The first-order chi connectivity index (χ1) is 13.4. The van der Waals surface area contributed by atoms with Crippen molar-refractivity contribution in [2.45, 2.75) is 0 Å². The molecule has 0 radical (unpaired) electrons. The molecular weight excluding hydrogens is 386 g/mol. The number of halogens is 1. The summed E-state index contributed by atoms with van der Waals surface area (Å²) in [5.41, 5.74) is 0.660. The average molecular weight is 400 g/mol. The van der Waals surface area contributed by atoms with Crippen molar-refractivity contribution < 1.29 is 23.9 Å². The lowest BCUT2D eigenvalue weighted by molar-refractivity contribution is -0.131. The molecule has 9 heteroatoms. The highest BCUT2D eigenvalue weighted by molar-refractivity contribution is 6.33. The Morgan fingerprint density at radius 2 is 1.82 bits per heavy atom. The van der Waals surface area contributed by atoms with Crippen LogP contribution in [-0.4, -0.2) is 37.1 Å². The number of anilines is 1. The molecule has 2 aromatic rings. The molecule has 4 amide bonds. The van der Waals surface area contributed by atoms with Gasteiger partial charge in [0.05, 0.1) is 24.0 Å². The Kier molecular flexibility index (Phi) is 5.51. The largest absolute Gasteiger partial charge is 0.465 e. The minimum atomic E-state index is -1.35. The Morgan fingerprint density at radius 3 is 2.50 bits per heavy atom. The van der Waals surface area contributed by atoms with Crippen LogP contribution in [0.1, 0.15) is 10.4 Å². The third-order valence-corrected chi connectivity index (χ3v) is 4.21. The second-order valence-corrected chi connectivity index (χ2v) is 6.15. The van der Waals surface area contributed by atoms with E-state index < -0.39 is 29.7 Å². The molecular formula is C19H14ClN3O5. The van der Waals surface area contributed by atoms with E-state index in [1.165, 1.54) is 43.5 Å². The normalized spacial score (nSPS) is 17.0. The van der Waals surface area contributed by atoms with E-state index in [-0.39, 0.29) is 16.9 Å². The molecule has 1 saturated heterocycles. The van der Waals surface area contributed by atoms with Gasteiger partial charge in [0.1, 0.15) is 0 Å². The van der Waals surface area contributed by atoms with Crippen molar-refractivity contribution in [3.63, 3.8) is 0 Å². The molecule has 3 rings (SSSR count). The van der Waals surface area contributed by atoms with Gasteiger partial charge in [-0.2, -0.15) is 0 Å². The van der Waals surface area contributed by atoms with Crippen molar-refractivity contribution in [3.05, 3.63) is 59.1 Å². The van der Waals surface area contributed by atoms with Crippen molar-refractivity contribution in [3.8, 4) is 0 Å². The molecule has 1 aliphatic heterocycles. The maximum atomic E-state index is 12.8. The van der Waals surface area contributed by atoms with E-state index in [4.69, 9.17) is 11.6 Å². The molecule has 0 spiro atoms. The fraction of sp³-hybridized carbons (Fsp3) is 0.105. The standard InChI is InChI=1S/C19H14ClN3O5/c1-28-18(26)13-4-2-3-5-15(13)21-10-14-16(24)22-19(27)23(17(14)25)12-8-6-11(20)7-9-12/h2-10,14H,1H3,(H,22,24,27)/t14-/m1/s1. The van der Waals surface area contributed by atoms with Crippen molar-refractivity contribution >= 4 is 53.0 Å². The predicted octanol–water partition coefficient (Wildman–Crippen LogP) is 2.73. The van der Waals surface area contributed by atoms with Gasteiger partial charge in [-0.15, -0.1) is 0 Å². The summed E-state index contributed by atoms with van der Waals surface area (Å²) < 4.78 is 4.69. The van der Waals surface area contributed by atoms with Crippen LogP contribution in [0.15, 0.2) is 53.5 Å². The second kappa shape index (κ2) is 8.01. The number of carbonyl (C=O) groups is 4. The first-order valence-electron chi connectivity index (χ1n) is 8.08. The van der Waals surface area contributed by atoms with Crippen LogP contribution >= 0.6 is 11.6 Å². The maximum absolute atomic E-state index is 12.8. The van der Waals surface area contributed by atoms with E-state index >= 15 is 0 Å². The molecule has 1 atom stereocenters. The first kappa shape index (κ1) is 19.2. The molecule has 28 heavy (non-hydrogen) atoms. The SMILES string of the molecule is COC(=O)c1ccccc1N=C[C@@H]1C(=O)NC(=O)N(c2ccc(Cl)cc2)C1=O. The Bertz CT molecular complexity index is 987. The smallest absolute Gasteiger partial charge is 0.340 e. The molecule has 0 bridgehead atoms. The maximum Gasteiger partial charge on any atom is 0.340 e. The summed E-state index contributed by atoms with van der Waals surface area (Å²) >= 11 is 5.83. The third-order valence-electron chi connectivity index (χ3n) is 3.96. The Balaban J connectivity index is 1.91. The molecule has 2 aromatic carbocycles. The van der Waals surface area contributed by atoms with Crippen LogP contribution in [0.25, 0.3) is 0 Å². The van der Waals surface area contributed by atoms with Gasteiger partial charge < -0.3 is 4.74 Å². The highest BCUT2D eigenvalue weighted by Gasteiger charge is 2.40. The van der Waals surface area contributed by atoms with Crippen molar-refractivity contribution in [2.24, 2.45) is 10.9 Å². The Hall–Kier alpha value is -3.52. The van der Waals surface area contributed by atoms with Crippen LogP contribution in [0.4, 0.5) is 16.2 Å². The van der Waals surface area contributed by atoms with Crippen LogP contribution < -0.4 is 10.2 Å². The van der Waals surface area contributed by atoms with Crippen LogP contribution in [0.2, 0.25) is 5.02 Å². The number of rotatable bonds is 4. The molecule has 0 aliphatic carbocycles. The van der Waals surface area contributed by atoms with Gasteiger partial charge in [-0.05, 0) is 36.4 Å². The number of para-hydroxylation sites is 1. The van der Waals surface area contributed by atoms with Gasteiger partial charge in [0.15, 0.2) is 5.92 Å². The number of amides is 4. The predicted molar refractivity (Wildman–Crippen MR) is 102 cm³/mol. The molecule has 1 fully saturated rings. The zero-order valence-corrected chi connectivity index (χ0v) is 15.3. The van der Waals surface area contributed by atoms with E-state index in [0.29, 0.717) is 5.02 Å². The number of benzene rings is 2. The van der Waals surface area contributed by atoms with Gasteiger partial charge >= 0.3 is 12.0 Å². The molecule has 0 unspecified atom stereocenters. The number of nitrogens with one attached hydrogen (secondary N) is 1. The van der Waals surface area contributed by atoms with Gasteiger partial charge in [-0.25, -0.2) is 14.5 Å². The Labute approximate surface area is 164 Å². The summed E-state index contributed by atoms with van der Waals surface area (Å²) in [7, 11) is 1.23. The van der Waals surface area contributed by atoms with Crippen LogP contribution in [0.3, 0.4) is 0 Å². The Morgan fingerprint density at radius 1 is 1.14 bits per heavy atom. The highest BCUT2D eigenvalue weighted by atomic mass is 35.5. The van der Waals surface area contributed by atoms with Crippen LogP contribution in [0.5, 0.6) is 0 Å². The van der Waals surface area contributed by atoms with Gasteiger partial charge in [-0.3, -0.25) is 19.9 Å². The number of imide groups is 2. The second-order valence-electron chi connectivity index (χ2n) is 5.71. The number of barbiturate groups is 1. The topological polar surface area (TPSA) is 105 Å². The molecule has 1 heterocycles. The first-order valence-corrected chi connectivity index (χ1v) is 8.46. The van der Waals surface area contributed by atoms with Gasteiger partial charge in [0, 0.05) is 11.2 Å². The molecule has 1 N–H and O–H groups in total. The van der Waals surface area contributed by atoms with E-state index in [2.05, 4.69) is 15.0 Å². The van der Waals surface area contributed by atoms with Gasteiger partial charge in [0.25, 0.3) is 5.91 Å². The number of aliphatic imine (C=N–C) groups is 1. The summed E-state index contributed by atoms with van der Waals surface area (Å²) in [5.74, 6) is -3.53. The fourth-order valence-electron chi connectivity index (χ4n) is 2.58. The van der Waals surface area contributed by atoms with Gasteiger partial charge in [-0.1, -0.05) is 23.7 Å². The number of nitrogens with zero attached hydrogens (tertiary/aromatic N) is 2. The number of carbonyl (C=O) groups excluding carboxylic acids is 4. The molecule has 142 valence electrons. The number of ether oxygens (including phenoxy) is 1. The molecule has 8 nitrogen and oxygen atoms in total. The number of esters is 1. The summed E-state index contributed by atoms with van der Waals surface area (Å²) in [6.07, 6.45) is 1.09. The van der Waals surface area contributed by atoms with Crippen molar-refractivity contribution in [1.82, 2.24) is 5.32 Å². The molecule has 1 aliphatic rings. The fourth-order valence-corrected chi connectivity index (χ4v) is 2.71. The quantitative estimate of drug-likeness (QED) is 0.483. The van der Waals surface area contributed by atoms with Gasteiger partial charge in [0.2, 0.25) is 5.91 Å². The monoisotopic (exact) mass is 399 g/mol. The average Bonchev–Trinajstić information content (AvgIpc) is 2.68. The van der Waals surface area contributed by atoms with E-state index in [1.807, 2.05) is 0 Å². The van der Waals surface area contributed by atoms with Crippen molar-refractivity contribution in [2.75, 3.05) is 12.0 Å². The lowest BCUT2D eigenvalue weighted by Crippen LogP contribution is -2.58. The molecule has 0 saturated carbocycles. The van der Waals surface area contributed by atoms with E-state index in [0.717, 1.165) is 11.1 Å². The number of hydrogen-bond donors (Lipinski definition) is 1. The highest BCUT2D eigenvalue weighted by Crippen LogP contribution is 2.24. The number of methoxy groups -OCH3 is 1. The third kappa shape index (κ3) is 3.77. The van der Waals surface area contributed by atoms with Crippen LogP contribution in [-0.2, 0) is 14.3 Å². The molecule has 0 aromatic heterocycles. The summed E-state index contributed by atoms with van der Waals surface area (Å²) in [5, 5.41) is 2.55. The number of hydrogen-bond acceptors (Lipinski definition) is 6.